The second-order valence-electron chi connectivity index (χ2n) is 3.72. The van der Waals surface area contributed by atoms with Crippen LogP contribution >= 0.6 is 0 Å². The summed E-state index contributed by atoms with van der Waals surface area (Å²) in [6, 6.07) is -0.602. The average molecular weight is 241 g/mol. The SMILES string of the molecule is O=C(CCC(F)(F)F)N[C@@H]1COCC[C@H]1O. The third-order valence-corrected chi connectivity index (χ3v) is 2.30. The third kappa shape index (κ3) is 4.80. The van der Waals surface area contributed by atoms with Crippen molar-refractivity contribution in [2.75, 3.05) is 13.2 Å². The number of rotatable bonds is 3. The van der Waals surface area contributed by atoms with Crippen LogP contribution in [-0.4, -0.2) is 42.5 Å². The topological polar surface area (TPSA) is 58.6 Å². The van der Waals surface area contributed by atoms with Crippen LogP contribution in [0.5, 0.6) is 0 Å². The fourth-order valence-corrected chi connectivity index (χ4v) is 1.40. The zero-order valence-electron chi connectivity index (χ0n) is 8.59. The maximum atomic E-state index is 11.8. The second kappa shape index (κ2) is 5.49. The highest BCUT2D eigenvalue weighted by molar-refractivity contribution is 5.76. The lowest BCUT2D eigenvalue weighted by atomic mass is 10.1. The lowest BCUT2D eigenvalue weighted by molar-refractivity contribution is -0.145. The molecule has 16 heavy (non-hydrogen) atoms. The van der Waals surface area contributed by atoms with Gasteiger partial charge in [0, 0.05) is 13.0 Å². The molecule has 2 atom stereocenters. The van der Waals surface area contributed by atoms with Crippen LogP contribution < -0.4 is 5.32 Å². The molecular weight excluding hydrogens is 227 g/mol. The van der Waals surface area contributed by atoms with Crippen molar-refractivity contribution in [2.45, 2.75) is 37.6 Å². The largest absolute Gasteiger partial charge is 0.391 e. The van der Waals surface area contributed by atoms with E-state index in [0.29, 0.717) is 13.0 Å². The Kier molecular flexibility index (Phi) is 4.55. The maximum absolute atomic E-state index is 11.8. The van der Waals surface area contributed by atoms with Gasteiger partial charge in [0.15, 0.2) is 0 Å². The van der Waals surface area contributed by atoms with Crippen LogP contribution in [0.2, 0.25) is 0 Å². The molecule has 0 bridgehead atoms. The molecule has 0 aromatic carbocycles. The van der Waals surface area contributed by atoms with E-state index in [1.165, 1.54) is 0 Å². The van der Waals surface area contributed by atoms with Crippen molar-refractivity contribution in [3.05, 3.63) is 0 Å². The number of aliphatic hydroxyl groups is 1. The quantitative estimate of drug-likeness (QED) is 0.760. The minimum Gasteiger partial charge on any atom is -0.391 e. The van der Waals surface area contributed by atoms with Gasteiger partial charge < -0.3 is 15.2 Å². The molecule has 1 rings (SSSR count). The number of ether oxygens (including phenoxy) is 1. The normalized spacial score (nSPS) is 26.5. The maximum Gasteiger partial charge on any atom is 0.389 e. The van der Waals surface area contributed by atoms with Gasteiger partial charge in [-0.3, -0.25) is 4.79 Å². The van der Waals surface area contributed by atoms with Gasteiger partial charge in [0.05, 0.1) is 25.2 Å². The molecule has 0 unspecified atom stereocenters. The minimum atomic E-state index is -4.33. The van der Waals surface area contributed by atoms with Crippen LogP contribution in [0.3, 0.4) is 0 Å². The highest BCUT2D eigenvalue weighted by Crippen LogP contribution is 2.21. The molecule has 1 saturated heterocycles. The van der Waals surface area contributed by atoms with Gasteiger partial charge in [-0.25, -0.2) is 0 Å². The Labute approximate surface area is 90.8 Å². The summed E-state index contributed by atoms with van der Waals surface area (Å²) in [6.07, 6.45) is -6.47. The average Bonchev–Trinajstić information content (AvgIpc) is 2.18. The van der Waals surface area contributed by atoms with Gasteiger partial charge in [-0.1, -0.05) is 0 Å². The highest BCUT2D eigenvalue weighted by atomic mass is 19.4. The Bertz CT molecular complexity index is 245. The lowest BCUT2D eigenvalue weighted by Crippen LogP contribution is -2.49. The van der Waals surface area contributed by atoms with Gasteiger partial charge >= 0.3 is 6.18 Å². The van der Waals surface area contributed by atoms with Gasteiger partial charge in [-0.15, -0.1) is 0 Å². The molecule has 1 amide bonds. The Hall–Kier alpha value is -0.820. The van der Waals surface area contributed by atoms with Crippen molar-refractivity contribution < 1.29 is 27.8 Å². The Morgan fingerprint density at radius 3 is 2.75 bits per heavy atom. The first-order valence-electron chi connectivity index (χ1n) is 5.00. The van der Waals surface area contributed by atoms with E-state index in [-0.39, 0.29) is 6.61 Å². The predicted molar refractivity (Wildman–Crippen MR) is 48.7 cm³/mol. The molecule has 4 nitrogen and oxygen atoms in total. The van der Waals surface area contributed by atoms with E-state index in [4.69, 9.17) is 4.74 Å². The Morgan fingerprint density at radius 2 is 2.19 bits per heavy atom. The monoisotopic (exact) mass is 241 g/mol. The molecule has 2 N–H and O–H groups in total. The lowest BCUT2D eigenvalue weighted by Gasteiger charge is -2.28. The van der Waals surface area contributed by atoms with E-state index in [0.717, 1.165) is 0 Å². The van der Waals surface area contributed by atoms with Crippen LogP contribution in [0.15, 0.2) is 0 Å². The zero-order chi connectivity index (χ0) is 12.2. The fraction of sp³-hybridized carbons (Fsp3) is 0.889. The van der Waals surface area contributed by atoms with Crippen LogP contribution in [0, 0.1) is 0 Å². The fourth-order valence-electron chi connectivity index (χ4n) is 1.40. The van der Waals surface area contributed by atoms with Crippen LogP contribution in [0.1, 0.15) is 19.3 Å². The zero-order valence-corrected chi connectivity index (χ0v) is 8.59. The summed E-state index contributed by atoms with van der Waals surface area (Å²) < 4.78 is 40.5. The summed E-state index contributed by atoms with van der Waals surface area (Å²) >= 11 is 0. The number of carbonyl (C=O) groups excluding carboxylic acids is 1. The first-order valence-corrected chi connectivity index (χ1v) is 5.00. The molecule has 1 heterocycles. The van der Waals surface area contributed by atoms with Crippen LogP contribution in [0.4, 0.5) is 13.2 Å². The first kappa shape index (κ1) is 13.2. The molecule has 0 aromatic rings. The van der Waals surface area contributed by atoms with E-state index < -0.39 is 37.1 Å². The number of nitrogens with one attached hydrogen (secondary N) is 1. The molecule has 94 valence electrons. The molecule has 0 spiro atoms. The summed E-state index contributed by atoms with van der Waals surface area (Å²) in [5.74, 6) is -0.716. The van der Waals surface area contributed by atoms with E-state index in [2.05, 4.69) is 5.32 Å². The molecule has 7 heteroatoms. The summed E-state index contributed by atoms with van der Waals surface area (Å²) in [4.78, 5) is 11.1. The third-order valence-electron chi connectivity index (χ3n) is 2.30. The van der Waals surface area contributed by atoms with Crippen molar-refractivity contribution in [3.63, 3.8) is 0 Å². The number of alkyl halides is 3. The number of amides is 1. The van der Waals surface area contributed by atoms with Crippen LogP contribution in [-0.2, 0) is 9.53 Å². The van der Waals surface area contributed by atoms with Gasteiger partial charge in [0.25, 0.3) is 0 Å². The number of aliphatic hydroxyl groups excluding tert-OH is 1. The van der Waals surface area contributed by atoms with Crippen molar-refractivity contribution in [1.82, 2.24) is 5.32 Å². The van der Waals surface area contributed by atoms with Gasteiger partial charge in [-0.05, 0) is 6.42 Å². The summed E-state index contributed by atoms with van der Waals surface area (Å²) in [5, 5.41) is 11.8. The van der Waals surface area contributed by atoms with Crippen molar-refractivity contribution in [3.8, 4) is 0 Å². The van der Waals surface area contributed by atoms with E-state index in [9.17, 15) is 23.1 Å². The van der Waals surface area contributed by atoms with Gasteiger partial charge in [0.2, 0.25) is 5.91 Å². The van der Waals surface area contributed by atoms with E-state index in [1.54, 1.807) is 0 Å². The van der Waals surface area contributed by atoms with Crippen molar-refractivity contribution in [1.29, 1.82) is 0 Å². The molecular formula is C9H14F3NO3. The van der Waals surface area contributed by atoms with Crippen molar-refractivity contribution in [2.24, 2.45) is 0 Å². The predicted octanol–water partition coefficient (Wildman–Crippen LogP) is 0.595. The molecule has 0 saturated carbocycles. The second-order valence-corrected chi connectivity index (χ2v) is 3.72. The number of halogens is 3. The number of carbonyl (C=O) groups is 1. The smallest absolute Gasteiger partial charge is 0.389 e. The Morgan fingerprint density at radius 1 is 1.50 bits per heavy atom. The Balaban J connectivity index is 2.28. The molecule has 0 aromatic heterocycles. The number of hydrogen-bond acceptors (Lipinski definition) is 3. The number of hydrogen-bond donors (Lipinski definition) is 2. The summed E-state index contributed by atoms with van der Waals surface area (Å²) in [6.45, 7) is 0.537. The van der Waals surface area contributed by atoms with E-state index in [1.807, 2.05) is 0 Å². The van der Waals surface area contributed by atoms with Gasteiger partial charge in [0.1, 0.15) is 0 Å². The minimum absolute atomic E-state index is 0.138. The summed E-state index contributed by atoms with van der Waals surface area (Å²) in [5.41, 5.74) is 0. The van der Waals surface area contributed by atoms with Crippen molar-refractivity contribution >= 4 is 5.91 Å². The molecule has 1 aliphatic heterocycles. The van der Waals surface area contributed by atoms with E-state index >= 15 is 0 Å². The van der Waals surface area contributed by atoms with Gasteiger partial charge in [-0.2, -0.15) is 13.2 Å². The molecule has 1 fully saturated rings. The molecule has 1 aliphatic rings. The van der Waals surface area contributed by atoms with Crippen LogP contribution in [0.25, 0.3) is 0 Å². The standard InChI is InChI=1S/C9H14F3NO3/c10-9(11,12)3-1-8(15)13-6-5-16-4-2-7(6)14/h6-7,14H,1-5H2,(H,13,15)/t6-,7-/m1/s1. The highest BCUT2D eigenvalue weighted by Gasteiger charge is 2.30. The molecule has 0 radical (unpaired) electrons. The first-order chi connectivity index (χ1) is 7.38. The summed E-state index contributed by atoms with van der Waals surface area (Å²) in [7, 11) is 0. The molecule has 0 aliphatic carbocycles.